The highest BCUT2D eigenvalue weighted by molar-refractivity contribution is 6.04. The molecule has 1 saturated carbocycles. The first kappa shape index (κ1) is 14.9. The van der Waals surface area contributed by atoms with E-state index in [1.807, 2.05) is 42.5 Å². The number of nitrogens with zero attached hydrogens (tertiary/aromatic N) is 1. The molecule has 0 radical (unpaired) electrons. The molecule has 1 atom stereocenters. The average Bonchev–Trinajstić information content (AvgIpc) is 3.34. The van der Waals surface area contributed by atoms with Gasteiger partial charge in [0.05, 0.1) is 5.92 Å². The highest BCUT2D eigenvalue weighted by Crippen LogP contribution is 2.46. The van der Waals surface area contributed by atoms with Crippen LogP contribution in [0.1, 0.15) is 36.4 Å². The minimum atomic E-state index is -0.397. The van der Waals surface area contributed by atoms with Crippen molar-refractivity contribution in [1.82, 2.24) is 10.3 Å². The maximum absolute atomic E-state index is 12.3. The lowest BCUT2D eigenvalue weighted by Gasteiger charge is -2.16. The molecule has 0 saturated heterocycles. The first-order valence-corrected chi connectivity index (χ1v) is 8.26. The number of fused-ring (bicyclic) bond motifs is 1. The van der Waals surface area contributed by atoms with Crippen molar-refractivity contribution < 1.29 is 9.59 Å². The fraction of sp³-hybridized carbons (Fsp3) is 0.316. The molecule has 2 aliphatic rings. The molecule has 2 heterocycles. The van der Waals surface area contributed by atoms with E-state index in [4.69, 9.17) is 0 Å². The van der Waals surface area contributed by atoms with Crippen LogP contribution < -0.4 is 10.6 Å². The number of para-hydroxylation sites is 1. The van der Waals surface area contributed by atoms with Crippen LogP contribution in [0.2, 0.25) is 0 Å². The van der Waals surface area contributed by atoms with Crippen LogP contribution in [0.4, 0.5) is 5.69 Å². The smallest absolute Gasteiger partial charge is 0.232 e. The zero-order chi connectivity index (χ0) is 16.6. The van der Waals surface area contributed by atoms with E-state index in [-0.39, 0.29) is 23.7 Å². The van der Waals surface area contributed by atoms with Gasteiger partial charge in [-0.25, -0.2) is 0 Å². The second-order valence-electron chi connectivity index (χ2n) is 6.61. The fourth-order valence-electron chi connectivity index (χ4n) is 3.35. The van der Waals surface area contributed by atoms with Crippen LogP contribution in [0, 0.1) is 0 Å². The molecule has 1 aromatic carbocycles. The van der Waals surface area contributed by atoms with E-state index in [1.165, 1.54) is 0 Å². The molecular formula is C19H19N3O2. The summed E-state index contributed by atoms with van der Waals surface area (Å²) < 4.78 is 0. The number of hydrogen-bond acceptors (Lipinski definition) is 3. The van der Waals surface area contributed by atoms with Crippen LogP contribution in [0.5, 0.6) is 0 Å². The summed E-state index contributed by atoms with van der Waals surface area (Å²) in [4.78, 5) is 28.9. The fourth-order valence-corrected chi connectivity index (χ4v) is 3.35. The largest absolute Gasteiger partial charge is 0.355 e. The Balaban J connectivity index is 1.39. The molecule has 0 unspecified atom stereocenters. The Labute approximate surface area is 140 Å². The van der Waals surface area contributed by atoms with Crippen LogP contribution in [0.25, 0.3) is 0 Å². The Kier molecular flexibility index (Phi) is 3.56. The summed E-state index contributed by atoms with van der Waals surface area (Å²) in [5.74, 6) is -0.586. The standard InChI is InChI=1S/C19H19N3O2/c23-17(11-14-13-5-1-2-6-15(13)22-18(14)24)21-12-19(8-9-19)16-7-3-4-10-20-16/h1-7,10,14H,8-9,11-12H2,(H,21,23)(H,22,24)/t14-/m1/s1. The number of nitrogens with one attached hydrogen (secondary N) is 2. The van der Waals surface area contributed by atoms with Crippen molar-refractivity contribution >= 4 is 17.5 Å². The first-order valence-electron chi connectivity index (χ1n) is 8.26. The quantitative estimate of drug-likeness (QED) is 0.888. The molecule has 24 heavy (non-hydrogen) atoms. The van der Waals surface area contributed by atoms with Crippen molar-refractivity contribution in [2.45, 2.75) is 30.6 Å². The van der Waals surface area contributed by atoms with Gasteiger partial charge in [0.1, 0.15) is 0 Å². The molecule has 2 aromatic rings. The van der Waals surface area contributed by atoms with Gasteiger partial charge in [-0.05, 0) is 36.6 Å². The van der Waals surface area contributed by atoms with Gasteiger partial charge in [-0.2, -0.15) is 0 Å². The molecule has 2 amide bonds. The maximum atomic E-state index is 12.3. The zero-order valence-electron chi connectivity index (χ0n) is 13.3. The van der Waals surface area contributed by atoms with Crippen LogP contribution in [0.15, 0.2) is 48.7 Å². The van der Waals surface area contributed by atoms with Gasteiger partial charge < -0.3 is 10.6 Å². The molecule has 4 rings (SSSR count). The number of pyridine rings is 1. The normalized spacial score (nSPS) is 20.2. The second kappa shape index (κ2) is 5.74. The second-order valence-corrected chi connectivity index (χ2v) is 6.61. The molecule has 0 spiro atoms. The van der Waals surface area contributed by atoms with Gasteiger partial charge >= 0.3 is 0 Å². The summed E-state index contributed by atoms with van der Waals surface area (Å²) in [6.07, 6.45) is 4.05. The summed E-state index contributed by atoms with van der Waals surface area (Å²) in [7, 11) is 0. The molecule has 0 bridgehead atoms. The Hall–Kier alpha value is -2.69. The number of amides is 2. The van der Waals surface area contributed by atoms with Crippen molar-refractivity contribution in [3.8, 4) is 0 Å². The maximum Gasteiger partial charge on any atom is 0.232 e. The number of hydrogen-bond donors (Lipinski definition) is 2. The van der Waals surface area contributed by atoms with Crippen LogP contribution >= 0.6 is 0 Å². The Morgan fingerprint density at radius 2 is 2.00 bits per heavy atom. The highest BCUT2D eigenvalue weighted by atomic mass is 16.2. The molecule has 2 N–H and O–H groups in total. The zero-order valence-corrected chi connectivity index (χ0v) is 13.3. The van der Waals surface area contributed by atoms with Gasteiger partial charge in [0.25, 0.3) is 0 Å². The lowest BCUT2D eigenvalue weighted by Crippen LogP contribution is -2.34. The van der Waals surface area contributed by atoms with E-state index in [0.717, 1.165) is 29.8 Å². The lowest BCUT2D eigenvalue weighted by atomic mass is 9.96. The summed E-state index contributed by atoms with van der Waals surface area (Å²) in [5.41, 5.74) is 2.73. The van der Waals surface area contributed by atoms with E-state index in [0.29, 0.717) is 6.54 Å². The minimum absolute atomic E-state index is 0.0211. The predicted octanol–water partition coefficient (Wildman–Crippen LogP) is 2.36. The summed E-state index contributed by atoms with van der Waals surface area (Å²) in [5, 5.41) is 5.84. The number of anilines is 1. The third kappa shape index (κ3) is 2.66. The SMILES string of the molecule is O=C(C[C@H]1C(=O)Nc2ccccc21)NCC1(c2ccccn2)CC1. The molecular weight excluding hydrogens is 302 g/mol. The molecule has 1 aliphatic heterocycles. The van der Waals surface area contributed by atoms with Crippen LogP contribution in [-0.2, 0) is 15.0 Å². The predicted molar refractivity (Wildman–Crippen MR) is 90.6 cm³/mol. The number of carbonyl (C=O) groups excluding carboxylic acids is 2. The van der Waals surface area contributed by atoms with Gasteiger partial charge in [-0.3, -0.25) is 14.6 Å². The van der Waals surface area contributed by atoms with Crippen molar-refractivity contribution in [3.05, 3.63) is 59.9 Å². The molecule has 1 fully saturated rings. The topological polar surface area (TPSA) is 71.1 Å². The Bertz CT molecular complexity index is 784. The van der Waals surface area contributed by atoms with Gasteiger partial charge in [-0.15, -0.1) is 0 Å². The van der Waals surface area contributed by atoms with Crippen molar-refractivity contribution in [1.29, 1.82) is 0 Å². The van der Waals surface area contributed by atoms with Gasteiger partial charge in [-0.1, -0.05) is 24.3 Å². The lowest BCUT2D eigenvalue weighted by molar-refractivity contribution is -0.125. The van der Waals surface area contributed by atoms with Crippen molar-refractivity contribution in [2.75, 3.05) is 11.9 Å². The van der Waals surface area contributed by atoms with Crippen LogP contribution in [-0.4, -0.2) is 23.3 Å². The molecule has 1 aromatic heterocycles. The van der Waals surface area contributed by atoms with Crippen molar-refractivity contribution in [3.63, 3.8) is 0 Å². The number of benzene rings is 1. The van der Waals surface area contributed by atoms with E-state index >= 15 is 0 Å². The van der Waals surface area contributed by atoms with E-state index in [2.05, 4.69) is 15.6 Å². The summed E-state index contributed by atoms with van der Waals surface area (Å²) >= 11 is 0. The first-order chi connectivity index (χ1) is 11.7. The van der Waals surface area contributed by atoms with E-state index in [9.17, 15) is 9.59 Å². The molecule has 122 valence electrons. The Morgan fingerprint density at radius 1 is 1.21 bits per heavy atom. The minimum Gasteiger partial charge on any atom is -0.355 e. The van der Waals surface area contributed by atoms with Gasteiger partial charge in [0.15, 0.2) is 0 Å². The number of rotatable bonds is 5. The van der Waals surface area contributed by atoms with Crippen LogP contribution in [0.3, 0.4) is 0 Å². The monoisotopic (exact) mass is 321 g/mol. The summed E-state index contributed by atoms with van der Waals surface area (Å²) in [6, 6.07) is 13.4. The van der Waals surface area contributed by atoms with Gasteiger partial charge in [0.2, 0.25) is 11.8 Å². The number of aromatic nitrogens is 1. The van der Waals surface area contributed by atoms with E-state index in [1.54, 1.807) is 6.20 Å². The number of carbonyl (C=O) groups is 2. The van der Waals surface area contributed by atoms with E-state index < -0.39 is 5.92 Å². The molecule has 5 nitrogen and oxygen atoms in total. The third-order valence-electron chi connectivity index (χ3n) is 4.99. The average molecular weight is 321 g/mol. The molecule has 5 heteroatoms. The Morgan fingerprint density at radius 3 is 2.75 bits per heavy atom. The van der Waals surface area contributed by atoms with Gasteiger partial charge in [0, 0.05) is 36.0 Å². The molecule has 1 aliphatic carbocycles. The highest BCUT2D eigenvalue weighted by Gasteiger charge is 2.45. The third-order valence-corrected chi connectivity index (χ3v) is 4.99. The summed E-state index contributed by atoms with van der Waals surface area (Å²) in [6.45, 7) is 0.582. The van der Waals surface area contributed by atoms with Crippen molar-refractivity contribution in [2.24, 2.45) is 0 Å².